The van der Waals surface area contributed by atoms with Gasteiger partial charge in [-0.15, -0.1) is 0 Å². The van der Waals surface area contributed by atoms with E-state index in [2.05, 4.69) is 21.3 Å². The molecule has 0 saturated carbocycles. The van der Waals surface area contributed by atoms with Crippen LogP contribution in [0.2, 0.25) is 0 Å². The van der Waals surface area contributed by atoms with E-state index in [0.29, 0.717) is 5.56 Å². The monoisotopic (exact) mass is 824 g/mol. The Labute approximate surface area is 336 Å². The summed E-state index contributed by atoms with van der Waals surface area (Å²) in [5.41, 5.74) is 1.32. The normalized spacial score (nSPS) is 25.6. The van der Waals surface area contributed by atoms with Gasteiger partial charge in [-0.25, -0.2) is 9.59 Å². The molecule has 9 atom stereocenters. The molecular weight excluding hydrogens is 781 g/mol. The van der Waals surface area contributed by atoms with E-state index >= 15 is 0 Å². The highest BCUT2D eigenvalue weighted by Crippen LogP contribution is 2.31. The maximum absolute atomic E-state index is 13.8. The van der Waals surface area contributed by atoms with E-state index in [1.165, 1.54) is 6.07 Å². The summed E-state index contributed by atoms with van der Waals surface area (Å²) >= 11 is 0. The number of urea groups is 1. The van der Waals surface area contributed by atoms with Crippen LogP contribution in [0.5, 0.6) is 0 Å². The van der Waals surface area contributed by atoms with Gasteiger partial charge in [0.25, 0.3) is 5.91 Å². The number of carbonyl (C=O) groups is 3. The van der Waals surface area contributed by atoms with Crippen LogP contribution in [-0.4, -0.2) is 113 Å². The smallest absolute Gasteiger partial charge is 0.416 e. The molecule has 2 heterocycles. The lowest BCUT2D eigenvalue weighted by Gasteiger charge is -2.47. The molecule has 0 bridgehead atoms. The van der Waals surface area contributed by atoms with Gasteiger partial charge in [0.15, 0.2) is 6.29 Å². The molecule has 15 nitrogen and oxygen atoms in total. The van der Waals surface area contributed by atoms with Crippen LogP contribution in [-0.2, 0) is 31.7 Å². The topological polar surface area (TPSA) is 217 Å². The van der Waals surface area contributed by atoms with Crippen molar-refractivity contribution in [2.75, 3.05) is 25.1 Å². The first kappa shape index (κ1) is 43.0. The number of rotatable bonds is 12. The third kappa shape index (κ3) is 10.9. The molecule has 8 N–H and O–H groups in total. The van der Waals surface area contributed by atoms with Crippen LogP contribution in [0.1, 0.15) is 21.5 Å². The number of hydrogen-bond donors (Lipinski definition) is 8. The zero-order chi connectivity index (χ0) is 42.1. The second kappa shape index (κ2) is 19.4. The van der Waals surface area contributed by atoms with E-state index in [1.807, 2.05) is 30.3 Å². The molecule has 2 aliphatic rings. The van der Waals surface area contributed by atoms with Crippen molar-refractivity contribution in [3.8, 4) is 11.1 Å². The molecule has 4 amide bonds. The number of alkyl halides is 3. The first-order valence-corrected chi connectivity index (χ1v) is 18.5. The van der Waals surface area contributed by atoms with Crippen LogP contribution in [0, 0.1) is 0 Å². The molecular formula is C41H43F3N4O11. The van der Waals surface area contributed by atoms with Crippen LogP contribution in [0.4, 0.5) is 28.4 Å². The molecule has 0 spiro atoms. The molecule has 59 heavy (non-hydrogen) atoms. The van der Waals surface area contributed by atoms with Gasteiger partial charge in [0, 0.05) is 11.3 Å². The summed E-state index contributed by atoms with van der Waals surface area (Å²) in [5.74, 6) is -0.660. The van der Waals surface area contributed by atoms with Crippen LogP contribution >= 0.6 is 0 Å². The molecule has 2 fully saturated rings. The molecule has 0 aromatic heterocycles. The van der Waals surface area contributed by atoms with Gasteiger partial charge in [-0.2, -0.15) is 13.2 Å². The maximum atomic E-state index is 13.8. The zero-order valence-corrected chi connectivity index (χ0v) is 31.2. The van der Waals surface area contributed by atoms with Gasteiger partial charge in [-0.05, 0) is 47.0 Å². The predicted molar refractivity (Wildman–Crippen MR) is 204 cm³/mol. The number of benzene rings is 4. The SMILES string of the molecule is O=C(Nc1cccc(C(F)(F)F)c1)N[C@H]1CO[C@H](CO)[C@H](NC(=O)c2ccc(-c3ccccc3)cc2)[C@@H]1O[C@@H]1O[C@H](CO)[C@@H](O)[C@H](O)[C@H]1NC(=O)OCc1ccccc1. The lowest BCUT2D eigenvalue weighted by atomic mass is 9.93. The third-order valence-corrected chi connectivity index (χ3v) is 9.81. The Morgan fingerprint density at radius 3 is 2.07 bits per heavy atom. The Hall–Kier alpha value is -5.60. The van der Waals surface area contributed by atoms with Crippen molar-refractivity contribution < 1.29 is 66.9 Å². The molecule has 18 heteroatoms. The predicted octanol–water partition coefficient (Wildman–Crippen LogP) is 3.17. The average molecular weight is 825 g/mol. The maximum Gasteiger partial charge on any atom is 0.416 e. The Bertz CT molecular complexity index is 2010. The van der Waals surface area contributed by atoms with Gasteiger partial charge in [-0.3, -0.25) is 4.79 Å². The Kier molecular flexibility index (Phi) is 14.2. The van der Waals surface area contributed by atoms with Gasteiger partial charge in [0.2, 0.25) is 0 Å². The fraction of sp³-hybridized carbons (Fsp3) is 0.341. The lowest BCUT2D eigenvalue weighted by Crippen LogP contribution is -2.70. The van der Waals surface area contributed by atoms with Gasteiger partial charge < -0.3 is 60.6 Å². The number of halogens is 3. The van der Waals surface area contributed by atoms with Crippen molar-refractivity contribution in [3.05, 3.63) is 126 Å². The fourth-order valence-electron chi connectivity index (χ4n) is 6.73. The van der Waals surface area contributed by atoms with Crippen LogP contribution in [0.15, 0.2) is 109 Å². The Morgan fingerprint density at radius 2 is 1.41 bits per heavy atom. The summed E-state index contributed by atoms with van der Waals surface area (Å²) < 4.78 is 63.6. The number of alkyl carbamates (subject to hydrolysis) is 1. The molecule has 4 aromatic rings. The van der Waals surface area contributed by atoms with Gasteiger partial charge >= 0.3 is 18.3 Å². The Balaban J connectivity index is 1.28. The highest BCUT2D eigenvalue weighted by atomic mass is 19.4. The standard InChI is InChI=1S/C41H43F3N4O11/c42-41(43,44)27-12-7-13-28(18-27)45-39(54)46-29-22-56-30(19-49)32(47-37(53)26-16-14-25(15-17-26)24-10-5-2-6-11-24)36(29)59-38-33(35(52)34(51)31(20-50)58-38)48-40(55)57-21-23-8-3-1-4-9-23/h1-18,29-36,38,49-52H,19-22H2,(H,47,53)(H,48,55)(H2,45,46,54)/t29-,30+,31+,32-,33+,34+,35+,36+,38-/m0/s1. The number of aliphatic hydroxyl groups excluding tert-OH is 4. The molecule has 0 aliphatic carbocycles. The number of amides is 4. The van der Waals surface area contributed by atoms with E-state index in [0.717, 1.165) is 29.3 Å². The Morgan fingerprint density at radius 1 is 0.746 bits per heavy atom. The van der Waals surface area contributed by atoms with Crippen LogP contribution < -0.4 is 21.3 Å². The minimum absolute atomic E-state index is 0.171. The van der Waals surface area contributed by atoms with Crippen molar-refractivity contribution in [1.82, 2.24) is 16.0 Å². The van der Waals surface area contributed by atoms with Gasteiger partial charge in [0.1, 0.15) is 43.2 Å². The van der Waals surface area contributed by atoms with Crippen LogP contribution in [0.25, 0.3) is 11.1 Å². The average Bonchev–Trinajstić information content (AvgIpc) is 3.24. The van der Waals surface area contributed by atoms with Crippen molar-refractivity contribution >= 4 is 23.7 Å². The highest BCUT2D eigenvalue weighted by Gasteiger charge is 2.50. The van der Waals surface area contributed by atoms with Gasteiger partial charge in [-0.1, -0.05) is 78.9 Å². The van der Waals surface area contributed by atoms with E-state index in [-0.39, 0.29) is 24.5 Å². The summed E-state index contributed by atoms with van der Waals surface area (Å²) in [4.78, 5) is 40.2. The number of nitrogens with one attached hydrogen (secondary N) is 4. The van der Waals surface area contributed by atoms with E-state index in [4.69, 9.17) is 18.9 Å². The first-order valence-electron chi connectivity index (χ1n) is 18.5. The first-order chi connectivity index (χ1) is 28.3. The van der Waals surface area contributed by atoms with Crippen molar-refractivity contribution in [1.29, 1.82) is 0 Å². The van der Waals surface area contributed by atoms with E-state index in [1.54, 1.807) is 54.6 Å². The molecule has 0 unspecified atom stereocenters. The number of hydrogen-bond acceptors (Lipinski definition) is 11. The zero-order valence-electron chi connectivity index (χ0n) is 31.2. The summed E-state index contributed by atoms with van der Waals surface area (Å²) in [7, 11) is 0. The van der Waals surface area contributed by atoms with Crippen molar-refractivity contribution in [3.63, 3.8) is 0 Å². The van der Waals surface area contributed by atoms with Crippen molar-refractivity contribution in [2.45, 2.75) is 67.7 Å². The highest BCUT2D eigenvalue weighted by molar-refractivity contribution is 5.95. The minimum atomic E-state index is -4.69. The van der Waals surface area contributed by atoms with Gasteiger partial charge in [0.05, 0.1) is 37.5 Å². The summed E-state index contributed by atoms with van der Waals surface area (Å²) in [6.45, 7) is -2.05. The summed E-state index contributed by atoms with van der Waals surface area (Å²) in [6, 6.07) is 23.3. The summed E-state index contributed by atoms with van der Waals surface area (Å²) in [6.07, 6.45) is -15.1. The van der Waals surface area contributed by atoms with Crippen molar-refractivity contribution in [2.24, 2.45) is 0 Å². The minimum Gasteiger partial charge on any atom is -0.445 e. The molecule has 314 valence electrons. The lowest BCUT2D eigenvalue weighted by molar-refractivity contribution is -0.293. The molecule has 2 aliphatic heterocycles. The molecule has 4 aromatic carbocycles. The molecule has 2 saturated heterocycles. The quantitative estimate of drug-likeness (QED) is 0.104. The van der Waals surface area contributed by atoms with Crippen LogP contribution in [0.3, 0.4) is 0 Å². The molecule has 0 radical (unpaired) electrons. The third-order valence-electron chi connectivity index (χ3n) is 9.81. The second-order valence-corrected chi connectivity index (χ2v) is 13.8. The number of carbonyl (C=O) groups excluding carboxylic acids is 3. The summed E-state index contributed by atoms with van der Waals surface area (Å²) in [5, 5.41) is 52.5. The number of ether oxygens (including phenoxy) is 4. The number of anilines is 1. The number of aliphatic hydroxyl groups is 4. The van der Waals surface area contributed by atoms with E-state index in [9.17, 15) is 48.0 Å². The largest absolute Gasteiger partial charge is 0.445 e. The fourth-order valence-corrected chi connectivity index (χ4v) is 6.73. The van der Waals surface area contributed by atoms with E-state index < -0.39 is 97.9 Å². The second-order valence-electron chi connectivity index (χ2n) is 13.8. The molecule has 6 rings (SSSR count).